The predicted octanol–water partition coefficient (Wildman–Crippen LogP) is 4.31. The smallest absolute Gasteiger partial charge is 0.262 e. The van der Waals surface area contributed by atoms with Crippen molar-refractivity contribution in [1.82, 2.24) is 5.32 Å². The molecule has 180 valence electrons. The number of amides is 1. The first kappa shape index (κ1) is 25.5. The largest absolute Gasteiger partial charge is 0.346 e. The zero-order valence-electron chi connectivity index (χ0n) is 19.7. The van der Waals surface area contributed by atoms with Crippen molar-refractivity contribution in [2.24, 2.45) is 0 Å². The Bertz CT molecular complexity index is 1450. The molecular formula is C25H28N2O5S2. The molecule has 0 bridgehead atoms. The molecule has 0 spiro atoms. The van der Waals surface area contributed by atoms with E-state index < -0.39 is 31.8 Å². The third kappa shape index (κ3) is 5.84. The summed E-state index contributed by atoms with van der Waals surface area (Å²) in [6.45, 7) is 7.28. The van der Waals surface area contributed by atoms with Crippen LogP contribution < -0.4 is 10.0 Å². The highest BCUT2D eigenvalue weighted by Crippen LogP contribution is 2.23. The molecule has 0 saturated carbocycles. The van der Waals surface area contributed by atoms with Crippen LogP contribution in [0.2, 0.25) is 0 Å². The molecule has 0 aliphatic carbocycles. The van der Waals surface area contributed by atoms with E-state index in [1.165, 1.54) is 18.2 Å². The molecule has 0 fully saturated rings. The van der Waals surface area contributed by atoms with Crippen LogP contribution in [0.3, 0.4) is 0 Å². The molecule has 0 aliphatic rings. The van der Waals surface area contributed by atoms with Gasteiger partial charge in [-0.3, -0.25) is 9.52 Å². The molecule has 3 aromatic rings. The summed E-state index contributed by atoms with van der Waals surface area (Å²) in [4.78, 5) is 13.1. The molecule has 1 amide bonds. The van der Waals surface area contributed by atoms with Crippen molar-refractivity contribution in [3.8, 4) is 0 Å². The quantitative estimate of drug-likeness (QED) is 0.503. The molecule has 3 aromatic carbocycles. The number of hydrogen-bond acceptors (Lipinski definition) is 5. The lowest BCUT2D eigenvalue weighted by molar-refractivity contribution is 0.0939. The van der Waals surface area contributed by atoms with E-state index in [1.807, 2.05) is 19.9 Å². The summed E-state index contributed by atoms with van der Waals surface area (Å²) in [5.74, 6) is -0.442. The molecule has 9 heteroatoms. The summed E-state index contributed by atoms with van der Waals surface area (Å²) in [7, 11) is -7.23. The highest BCUT2D eigenvalue weighted by Gasteiger charge is 2.21. The highest BCUT2D eigenvalue weighted by atomic mass is 32.2. The number of sulfonamides is 1. The third-order valence-corrected chi connectivity index (χ3v) is 8.31. The molecule has 34 heavy (non-hydrogen) atoms. The Kier molecular flexibility index (Phi) is 7.18. The molecule has 0 aromatic heterocycles. The van der Waals surface area contributed by atoms with Crippen LogP contribution in [0.15, 0.2) is 70.5 Å². The normalized spacial score (nSPS) is 12.7. The molecule has 0 unspecified atom stereocenters. The van der Waals surface area contributed by atoms with Crippen LogP contribution in [0.5, 0.6) is 0 Å². The van der Waals surface area contributed by atoms with Crippen LogP contribution in [-0.2, 0) is 19.9 Å². The zero-order chi connectivity index (χ0) is 25.3. The van der Waals surface area contributed by atoms with E-state index in [1.54, 1.807) is 50.2 Å². The Hall–Kier alpha value is -3.17. The minimum atomic E-state index is -3.92. The van der Waals surface area contributed by atoms with Gasteiger partial charge < -0.3 is 5.32 Å². The van der Waals surface area contributed by atoms with E-state index >= 15 is 0 Å². The number of rotatable bonds is 7. The Labute approximate surface area is 201 Å². The SMILES string of the molecule is Cc1ccc(NS(=O)(=O)c2cc(C(=O)N[C@H](C)c3ccc(S(C)(=O)=O)cc3)ccc2C)cc1C. The first-order valence-corrected chi connectivity index (χ1v) is 14.0. The average molecular weight is 501 g/mol. The van der Waals surface area contributed by atoms with E-state index in [0.717, 1.165) is 22.9 Å². The second-order valence-corrected chi connectivity index (χ2v) is 12.1. The van der Waals surface area contributed by atoms with Crippen LogP contribution >= 0.6 is 0 Å². The maximum atomic E-state index is 13.1. The number of sulfone groups is 1. The summed E-state index contributed by atoms with van der Waals surface area (Å²) in [5, 5.41) is 2.83. The van der Waals surface area contributed by atoms with E-state index in [4.69, 9.17) is 0 Å². The number of aryl methyl sites for hydroxylation is 3. The van der Waals surface area contributed by atoms with E-state index in [2.05, 4.69) is 10.0 Å². The Morgan fingerprint density at radius 3 is 2.00 bits per heavy atom. The molecular weight excluding hydrogens is 472 g/mol. The average Bonchev–Trinajstić information content (AvgIpc) is 2.75. The minimum Gasteiger partial charge on any atom is -0.346 e. The predicted molar refractivity (Wildman–Crippen MR) is 133 cm³/mol. The number of benzene rings is 3. The number of hydrogen-bond donors (Lipinski definition) is 2. The summed E-state index contributed by atoms with van der Waals surface area (Å²) in [6, 6.07) is 15.6. The number of nitrogens with one attached hydrogen (secondary N) is 2. The Morgan fingerprint density at radius 2 is 1.41 bits per heavy atom. The van der Waals surface area contributed by atoms with Crippen LogP contribution in [0, 0.1) is 20.8 Å². The molecule has 0 saturated heterocycles. The van der Waals surface area contributed by atoms with Crippen molar-refractivity contribution in [1.29, 1.82) is 0 Å². The minimum absolute atomic E-state index is 0.0172. The standard InChI is InChI=1S/C25H28N2O5S2/c1-16-7-11-22(14-18(16)3)27-34(31,32)24-15-21(8-6-17(24)2)25(28)26-19(4)20-9-12-23(13-10-20)33(5,29)30/h6-15,19,27H,1-5H3,(H,26,28)/t19-/m1/s1. The molecule has 0 aliphatic heterocycles. The van der Waals surface area contributed by atoms with Gasteiger partial charge in [-0.2, -0.15) is 0 Å². The summed E-state index contributed by atoms with van der Waals surface area (Å²) in [5.41, 5.74) is 3.89. The van der Waals surface area contributed by atoms with Crippen molar-refractivity contribution in [3.63, 3.8) is 0 Å². The zero-order valence-corrected chi connectivity index (χ0v) is 21.3. The van der Waals surface area contributed by atoms with Gasteiger partial charge in [-0.1, -0.05) is 24.3 Å². The lowest BCUT2D eigenvalue weighted by atomic mass is 10.1. The van der Waals surface area contributed by atoms with Crippen LogP contribution in [0.1, 0.15) is 45.6 Å². The Morgan fingerprint density at radius 1 is 0.794 bits per heavy atom. The maximum absolute atomic E-state index is 13.1. The number of anilines is 1. The van der Waals surface area contributed by atoms with E-state index in [9.17, 15) is 21.6 Å². The van der Waals surface area contributed by atoms with Gasteiger partial charge in [0, 0.05) is 17.5 Å². The van der Waals surface area contributed by atoms with Gasteiger partial charge in [0.25, 0.3) is 15.9 Å². The summed E-state index contributed by atoms with van der Waals surface area (Å²) in [6.07, 6.45) is 1.13. The van der Waals surface area contributed by atoms with Gasteiger partial charge in [0.1, 0.15) is 0 Å². The number of carbonyl (C=O) groups is 1. The molecule has 7 nitrogen and oxygen atoms in total. The molecule has 2 N–H and O–H groups in total. The lowest BCUT2D eigenvalue weighted by Crippen LogP contribution is -2.27. The topological polar surface area (TPSA) is 109 Å². The Balaban J connectivity index is 1.81. The van der Waals surface area contributed by atoms with Gasteiger partial charge in [0.05, 0.1) is 15.8 Å². The fraction of sp³-hybridized carbons (Fsp3) is 0.240. The highest BCUT2D eigenvalue weighted by molar-refractivity contribution is 7.92. The fourth-order valence-electron chi connectivity index (χ4n) is 3.41. The van der Waals surface area contributed by atoms with Crippen LogP contribution in [-0.4, -0.2) is 29.0 Å². The molecule has 0 radical (unpaired) electrons. The van der Waals surface area contributed by atoms with Gasteiger partial charge in [-0.25, -0.2) is 16.8 Å². The fourth-order valence-corrected chi connectivity index (χ4v) is 5.36. The van der Waals surface area contributed by atoms with Gasteiger partial charge in [0.15, 0.2) is 9.84 Å². The van der Waals surface area contributed by atoms with Crippen molar-refractivity contribution in [3.05, 3.63) is 88.5 Å². The lowest BCUT2D eigenvalue weighted by Gasteiger charge is -2.16. The molecule has 3 rings (SSSR count). The van der Waals surface area contributed by atoms with Crippen molar-refractivity contribution < 1.29 is 21.6 Å². The van der Waals surface area contributed by atoms with Crippen molar-refractivity contribution in [2.75, 3.05) is 11.0 Å². The monoisotopic (exact) mass is 500 g/mol. The molecule has 1 atom stereocenters. The second-order valence-electron chi connectivity index (χ2n) is 8.42. The van der Waals surface area contributed by atoms with Gasteiger partial charge in [-0.05, 0) is 86.3 Å². The number of carbonyl (C=O) groups excluding carboxylic acids is 1. The molecule has 0 heterocycles. The van der Waals surface area contributed by atoms with Gasteiger partial charge >= 0.3 is 0 Å². The van der Waals surface area contributed by atoms with Crippen molar-refractivity contribution >= 4 is 31.5 Å². The maximum Gasteiger partial charge on any atom is 0.262 e. The van der Waals surface area contributed by atoms with E-state index in [-0.39, 0.29) is 15.4 Å². The summed E-state index contributed by atoms with van der Waals surface area (Å²) >= 11 is 0. The summed E-state index contributed by atoms with van der Waals surface area (Å²) < 4.78 is 52.0. The van der Waals surface area contributed by atoms with Gasteiger partial charge in [-0.15, -0.1) is 0 Å². The first-order valence-electron chi connectivity index (χ1n) is 10.6. The first-order chi connectivity index (χ1) is 15.8. The van der Waals surface area contributed by atoms with Crippen molar-refractivity contribution in [2.45, 2.75) is 43.5 Å². The van der Waals surface area contributed by atoms with Crippen LogP contribution in [0.4, 0.5) is 5.69 Å². The van der Waals surface area contributed by atoms with Gasteiger partial charge in [0.2, 0.25) is 0 Å². The second kappa shape index (κ2) is 9.60. The van der Waals surface area contributed by atoms with Crippen LogP contribution in [0.25, 0.3) is 0 Å². The van der Waals surface area contributed by atoms with E-state index in [0.29, 0.717) is 11.3 Å². The third-order valence-electron chi connectivity index (χ3n) is 5.65.